The fourth-order valence-electron chi connectivity index (χ4n) is 4.29. The number of H-pyrrole nitrogens is 1. The Labute approximate surface area is 248 Å². The third-order valence-corrected chi connectivity index (χ3v) is 6.74. The van der Waals surface area contributed by atoms with E-state index < -0.39 is 23.0 Å². The molecule has 0 saturated heterocycles. The number of nitrogens with zero attached hydrogens (tertiary/aromatic N) is 4. The lowest BCUT2D eigenvalue weighted by molar-refractivity contribution is 0.102. The molecule has 222 valence electrons. The highest BCUT2D eigenvalue weighted by Crippen LogP contribution is 2.34. The number of hydrogen-bond donors (Lipinski definition) is 4. The zero-order valence-corrected chi connectivity index (χ0v) is 24.0. The van der Waals surface area contributed by atoms with E-state index in [2.05, 4.69) is 25.8 Å². The maximum atomic E-state index is 15.2. The number of pyridine rings is 1. The van der Waals surface area contributed by atoms with Crippen LogP contribution in [0.4, 0.5) is 15.9 Å². The smallest absolute Gasteiger partial charge is 0.335 e. The summed E-state index contributed by atoms with van der Waals surface area (Å²) in [5, 5.41) is 22.7. The predicted octanol–water partition coefficient (Wildman–Crippen LogP) is 4.48. The number of aliphatic hydroxyl groups excluding tert-OH is 1. The molecular weight excluding hydrogens is 581 g/mol. The third kappa shape index (κ3) is 5.98. The average Bonchev–Trinajstić information content (AvgIpc) is 3.38. The molecule has 5 aromatic rings. The SMILES string of the molecule is CC(C)n1cc(C(=O)Nc2ccc(Oc3ccnc4[nH]nc(N[C@H](C)CO)c34)c(F)c2)c(=O)n(-c2ccc(Cl)cc2)c1=O. The van der Waals surface area contributed by atoms with Gasteiger partial charge in [-0.3, -0.25) is 19.3 Å². The Morgan fingerprint density at radius 1 is 1.12 bits per heavy atom. The second kappa shape index (κ2) is 12.1. The summed E-state index contributed by atoms with van der Waals surface area (Å²) in [7, 11) is 0. The summed E-state index contributed by atoms with van der Waals surface area (Å²) in [6.07, 6.45) is 2.66. The van der Waals surface area contributed by atoms with E-state index in [0.29, 0.717) is 21.9 Å². The fourth-order valence-corrected chi connectivity index (χ4v) is 4.41. The van der Waals surface area contributed by atoms with Crippen molar-refractivity contribution in [2.24, 2.45) is 0 Å². The molecule has 43 heavy (non-hydrogen) atoms. The number of rotatable bonds is 9. The first-order valence-electron chi connectivity index (χ1n) is 13.2. The molecule has 0 bridgehead atoms. The molecule has 0 aliphatic carbocycles. The molecule has 14 heteroatoms. The van der Waals surface area contributed by atoms with Crippen molar-refractivity contribution in [3.63, 3.8) is 0 Å². The summed E-state index contributed by atoms with van der Waals surface area (Å²) in [4.78, 5) is 43.9. The van der Waals surface area contributed by atoms with E-state index in [1.54, 1.807) is 20.8 Å². The average molecular weight is 608 g/mol. The summed E-state index contributed by atoms with van der Waals surface area (Å²) < 4.78 is 23.2. The van der Waals surface area contributed by atoms with Crippen LogP contribution in [-0.2, 0) is 0 Å². The van der Waals surface area contributed by atoms with Crippen LogP contribution in [0.15, 0.2) is 70.5 Å². The number of fused-ring (bicyclic) bond motifs is 1. The number of halogens is 2. The molecule has 0 saturated carbocycles. The minimum absolute atomic E-state index is 0.0527. The summed E-state index contributed by atoms with van der Waals surface area (Å²) in [5.41, 5.74) is -1.11. The van der Waals surface area contributed by atoms with Gasteiger partial charge in [-0.15, -0.1) is 0 Å². The van der Waals surface area contributed by atoms with Gasteiger partial charge in [-0.2, -0.15) is 5.10 Å². The zero-order chi connectivity index (χ0) is 30.8. The van der Waals surface area contributed by atoms with Gasteiger partial charge >= 0.3 is 5.69 Å². The van der Waals surface area contributed by atoms with Gasteiger partial charge in [0.05, 0.1) is 12.3 Å². The molecular formula is C29H27ClFN7O5. The second-order valence-electron chi connectivity index (χ2n) is 9.98. The Hall–Kier alpha value is -5.01. The molecule has 12 nitrogen and oxygen atoms in total. The first-order chi connectivity index (χ1) is 20.6. The molecule has 0 spiro atoms. The van der Waals surface area contributed by atoms with Gasteiger partial charge in [0.15, 0.2) is 23.0 Å². The summed E-state index contributed by atoms with van der Waals surface area (Å²) in [6.45, 7) is 5.09. The predicted molar refractivity (Wildman–Crippen MR) is 160 cm³/mol. The van der Waals surface area contributed by atoms with E-state index in [9.17, 15) is 19.5 Å². The van der Waals surface area contributed by atoms with Gasteiger partial charge < -0.3 is 20.5 Å². The largest absolute Gasteiger partial charge is 0.453 e. The molecule has 5 rings (SSSR count). The molecule has 4 N–H and O–H groups in total. The van der Waals surface area contributed by atoms with Gasteiger partial charge in [-0.25, -0.2) is 18.7 Å². The van der Waals surface area contributed by atoms with Crippen LogP contribution in [0.5, 0.6) is 11.5 Å². The van der Waals surface area contributed by atoms with Crippen molar-refractivity contribution in [1.82, 2.24) is 24.3 Å². The van der Waals surface area contributed by atoms with E-state index in [4.69, 9.17) is 16.3 Å². The second-order valence-corrected chi connectivity index (χ2v) is 10.4. The van der Waals surface area contributed by atoms with Crippen molar-refractivity contribution in [3.05, 3.63) is 98.2 Å². The quantitative estimate of drug-likeness (QED) is 0.191. The Morgan fingerprint density at radius 2 is 1.86 bits per heavy atom. The van der Waals surface area contributed by atoms with E-state index in [-0.39, 0.29) is 47.1 Å². The van der Waals surface area contributed by atoms with Crippen LogP contribution in [0.3, 0.4) is 0 Å². The van der Waals surface area contributed by atoms with Crippen molar-refractivity contribution in [3.8, 4) is 17.2 Å². The van der Waals surface area contributed by atoms with Crippen molar-refractivity contribution < 1.29 is 19.0 Å². The summed E-state index contributed by atoms with van der Waals surface area (Å²) in [6, 6.07) is 10.7. The molecule has 2 aromatic carbocycles. The van der Waals surface area contributed by atoms with Crippen LogP contribution in [-0.4, -0.2) is 48.0 Å². The topological polar surface area (TPSA) is 156 Å². The number of aliphatic hydroxyl groups is 1. The van der Waals surface area contributed by atoms with Crippen LogP contribution in [0.25, 0.3) is 16.7 Å². The monoisotopic (exact) mass is 607 g/mol. The van der Waals surface area contributed by atoms with Gasteiger partial charge in [-0.05, 0) is 57.2 Å². The molecule has 0 aliphatic heterocycles. The lowest BCUT2D eigenvalue weighted by Gasteiger charge is -2.16. The van der Waals surface area contributed by atoms with Gasteiger partial charge in [0, 0.05) is 47.3 Å². The number of anilines is 2. The number of carbonyl (C=O) groups excluding carboxylic acids is 1. The first kappa shape index (κ1) is 29.5. The van der Waals surface area contributed by atoms with Crippen LogP contribution >= 0.6 is 11.6 Å². The number of benzene rings is 2. The molecule has 0 fully saturated rings. The number of carbonyl (C=O) groups is 1. The lowest BCUT2D eigenvalue weighted by Crippen LogP contribution is -2.42. The third-order valence-electron chi connectivity index (χ3n) is 6.49. The highest BCUT2D eigenvalue weighted by molar-refractivity contribution is 6.30. The number of aromatic amines is 1. The van der Waals surface area contributed by atoms with E-state index in [1.807, 2.05) is 0 Å². The fraction of sp³-hybridized carbons (Fsp3) is 0.207. The zero-order valence-electron chi connectivity index (χ0n) is 23.3. The minimum atomic E-state index is -0.844. The van der Waals surface area contributed by atoms with Crippen LogP contribution < -0.4 is 26.6 Å². The number of amides is 1. The number of hydrogen-bond acceptors (Lipinski definition) is 8. The Morgan fingerprint density at radius 3 is 2.53 bits per heavy atom. The van der Waals surface area contributed by atoms with Crippen molar-refractivity contribution in [2.75, 3.05) is 17.2 Å². The van der Waals surface area contributed by atoms with Crippen LogP contribution in [0, 0.1) is 5.82 Å². The molecule has 0 unspecified atom stereocenters. The van der Waals surface area contributed by atoms with E-state index in [0.717, 1.165) is 10.6 Å². The van der Waals surface area contributed by atoms with Crippen LogP contribution in [0.2, 0.25) is 5.02 Å². The summed E-state index contributed by atoms with van der Waals surface area (Å²) in [5.74, 6) is -1.16. The molecule has 0 radical (unpaired) electrons. The van der Waals surface area contributed by atoms with Crippen LogP contribution in [0.1, 0.15) is 37.2 Å². The van der Waals surface area contributed by atoms with E-state index >= 15 is 4.39 Å². The standard InChI is InChI=1S/C29H27ClFN7O5/c1-15(2)37-13-20(28(41)38(29(37)42)19-7-4-17(30)5-8-19)27(40)34-18-6-9-22(21(31)12-18)43-23-10-11-32-25-24(23)26(36-35-25)33-16(3)14-39/h4-13,15-16,39H,14H2,1-3H3,(H,34,40)(H2,32,33,35,36)/t16-/m1/s1. The highest BCUT2D eigenvalue weighted by Gasteiger charge is 2.21. The maximum absolute atomic E-state index is 15.2. The highest BCUT2D eigenvalue weighted by atomic mass is 35.5. The Bertz CT molecular complexity index is 1940. The molecule has 0 aliphatic rings. The van der Waals surface area contributed by atoms with E-state index in [1.165, 1.54) is 59.4 Å². The first-order valence-corrected chi connectivity index (χ1v) is 13.6. The minimum Gasteiger partial charge on any atom is -0.453 e. The van der Waals surface area contributed by atoms with Crippen molar-refractivity contribution in [1.29, 1.82) is 0 Å². The van der Waals surface area contributed by atoms with Gasteiger partial charge in [0.1, 0.15) is 16.7 Å². The maximum Gasteiger partial charge on any atom is 0.335 e. The number of ether oxygens (including phenoxy) is 1. The molecule has 3 aromatic heterocycles. The van der Waals surface area contributed by atoms with Gasteiger partial charge in [0.2, 0.25) is 0 Å². The Kier molecular flexibility index (Phi) is 8.28. The van der Waals surface area contributed by atoms with Crippen molar-refractivity contribution >= 4 is 40.0 Å². The summed E-state index contributed by atoms with van der Waals surface area (Å²) >= 11 is 5.96. The lowest BCUT2D eigenvalue weighted by atomic mass is 10.2. The number of aromatic nitrogens is 5. The number of nitrogens with one attached hydrogen (secondary N) is 3. The molecule has 1 amide bonds. The van der Waals surface area contributed by atoms with Gasteiger partial charge in [-0.1, -0.05) is 11.6 Å². The van der Waals surface area contributed by atoms with Crippen molar-refractivity contribution in [2.45, 2.75) is 32.9 Å². The normalized spacial score (nSPS) is 12.0. The molecule has 3 heterocycles. The Balaban J connectivity index is 1.44. The van der Waals surface area contributed by atoms with Gasteiger partial charge in [0.25, 0.3) is 11.5 Å². The molecule has 1 atom stereocenters.